The van der Waals surface area contributed by atoms with Crippen LogP contribution in [0.15, 0.2) is 91.0 Å². The van der Waals surface area contributed by atoms with Gasteiger partial charge in [-0.2, -0.15) is 5.10 Å². The number of amides is 1. The Bertz CT molecular complexity index is 1400. The van der Waals surface area contributed by atoms with Gasteiger partial charge in [0.15, 0.2) is 5.65 Å². The van der Waals surface area contributed by atoms with Crippen molar-refractivity contribution in [2.45, 2.75) is 6.42 Å². The minimum absolute atomic E-state index is 0.160. The zero-order valence-corrected chi connectivity index (χ0v) is 18.5. The number of aromatic amines is 1. The molecule has 0 atom stereocenters. The first-order valence-electron chi connectivity index (χ1n) is 10.7. The highest BCUT2D eigenvalue weighted by Gasteiger charge is 2.20. The molecule has 0 aliphatic carbocycles. The zero-order chi connectivity index (χ0) is 22.6. The van der Waals surface area contributed by atoms with Crippen LogP contribution in [0, 0.1) is 0 Å². The average molecular weight is 453 g/mol. The third-order valence-corrected chi connectivity index (χ3v) is 5.77. The summed E-state index contributed by atoms with van der Waals surface area (Å²) in [5, 5.41) is 11.9. The van der Waals surface area contributed by atoms with Crippen LogP contribution in [0.5, 0.6) is 0 Å². The molecule has 0 aliphatic heterocycles. The van der Waals surface area contributed by atoms with Crippen molar-refractivity contribution >= 4 is 28.5 Å². The fraction of sp³-hybridized carbons (Fsp3) is 0.0741. The second-order valence-electron chi connectivity index (χ2n) is 7.72. The molecule has 2 aromatic heterocycles. The lowest BCUT2D eigenvalue weighted by molar-refractivity contribution is 0.0956. The van der Waals surface area contributed by atoms with E-state index in [0.29, 0.717) is 33.9 Å². The van der Waals surface area contributed by atoms with Crippen molar-refractivity contribution in [1.29, 1.82) is 0 Å². The lowest BCUT2D eigenvalue weighted by Crippen LogP contribution is -2.26. The van der Waals surface area contributed by atoms with Gasteiger partial charge in [-0.1, -0.05) is 84.4 Å². The molecule has 2 N–H and O–H groups in total. The number of hydrogen-bond donors (Lipinski definition) is 2. The Morgan fingerprint density at radius 2 is 1.58 bits per heavy atom. The second-order valence-corrected chi connectivity index (χ2v) is 8.15. The minimum Gasteiger partial charge on any atom is -0.352 e. The monoisotopic (exact) mass is 452 g/mol. The minimum atomic E-state index is -0.160. The van der Waals surface area contributed by atoms with Crippen LogP contribution in [0.4, 0.5) is 0 Å². The van der Waals surface area contributed by atoms with E-state index in [9.17, 15) is 4.79 Å². The van der Waals surface area contributed by atoms with Gasteiger partial charge in [0.25, 0.3) is 5.91 Å². The Balaban J connectivity index is 1.55. The Morgan fingerprint density at radius 3 is 2.30 bits per heavy atom. The summed E-state index contributed by atoms with van der Waals surface area (Å²) in [6, 6.07) is 29.1. The number of rotatable bonds is 6. The van der Waals surface area contributed by atoms with Crippen LogP contribution in [-0.4, -0.2) is 27.6 Å². The Kier molecular flexibility index (Phi) is 5.87. The molecule has 6 heteroatoms. The maximum Gasteiger partial charge on any atom is 0.252 e. The van der Waals surface area contributed by atoms with Gasteiger partial charge in [0.2, 0.25) is 0 Å². The first kappa shape index (κ1) is 20.9. The van der Waals surface area contributed by atoms with Crippen LogP contribution < -0.4 is 5.32 Å². The highest BCUT2D eigenvalue weighted by Crippen LogP contribution is 2.31. The third kappa shape index (κ3) is 4.49. The molecule has 0 fully saturated rings. The second kappa shape index (κ2) is 9.27. The van der Waals surface area contributed by atoms with Crippen molar-refractivity contribution in [2.75, 3.05) is 6.54 Å². The Morgan fingerprint density at radius 1 is 0.879 bits per heavy atom. The maximum absolute atomic E-state index is 13.4. The fourth-order valence-corrected chi connectivity index (χ4v) is 3.97. The molecule has 0 spiro atoms. The molecule has 0 saturated carbocycles. The topological polar surface area (TPSA) is 70.7 Å². The number of halogens is 1. The van der Waals surface area contributed by atoms with Crippen LogP contribution >= 0.6 is 11.6 Å². The predicted molar refractivity (Wildman–Crippen MR) is 132 cm³/mol. The van der Waals surface area contributed by atoms with Crippen LogP contribution in [0.1, 0.15) is 15.9 Å². The van der Waals surface area contributed by atoms with E-state index in [-0.39, 0.29) is 5.91 Å². The van der Waals surface area contributed by atoms with E-state index in [1.807, 2.05) is 78.9 Å². The molecule has 0 aliphatic rings. The van der Waals surface area contributed by atoms with E-state index in [1.54, 1.807) is 0 Å². The van der Waals surface area contributed by atoms with E-state index in [0.717, 1.165) is 23.2 Å². The SMILES string of the molecule is O=C(NCCc1ccccc1)c1cc(-c2ccc(Cl)cc2)nc2n[nH]c(-c3ccccc3)c12. The van der Waals surface area contributed by atoms with Crippen LogP contribution in [0.2, 0.25) is 5.02 Å². The number of hydrogen-bond acceptors (Lipinski definition) is 3. The van der Waals surface area contributed by atoms with Crippen molar-refractivity contribution in [3.05, 3.63) is 107 Å². The Labute approximate surface area is 196 Å². The van der Waals surface area contributed by atoms with Crippen molar-refractivity contribution in [3.8, 4) is 22.5 Å². The van der Waals surface area contributed by atoms with E-state index < -0.39 is 0 Å². The lowest BCUT2D eigenvalue weighted by Gasteiger charge is -2.10. The summed E-state index contributed by atoms with van der Waals surface area (Å²) in [6.45, 7) is 0.529. The number of H-pyrrole nitrogens is 1. The van der Waals surface area contributed by atoms with Crippen molar-refractivity contribution < 1.29 is 4.79 Å². The largest absolute Gasteiger partial charge is 0.352 e. The summed E-state index contributed by atoms with van der Waals surface area (Å²) in [5.74, 6) is -0.160. The van der Waals surface area contributed by atoms with E-state index in [1.165, 1.54) is 5.56 Å². The summed E-state index contributed by atoms with van der Waals surface area (Å²) < 4.78 is 0. The molecule has 0 unspecified atom stereocenters. The normalized spacial score (nSPS) is 10.9. The van der Waals surface area contributed by atoms with Gasteiger partial charge in [0.05, 0.1) is 22.3 Å². The van der Waals surface area contributed by atoms with Crippen LogP contribution in [0.25, 0.3) is 33.5 Å². The van der Waals surface area contributed by atoms with Crippen LogP contribution in [0.3, 0.4) is 0 Å². The first-order chi connectivity index (χ1) is 16.2. The number of nitrogens with zero attached hydrogens (tertiary/aromatic N) is 2. The lowest BCUT2D eigenvalue weighted by atomic mass is 10.0. The fourth-order valence-electron chi connectivity index (χ4n) is 3.85. The number of benzene rings is 3. The smallest absolute Gasteiger partial charge is 0.252 e. The third-order valence-electron chi connectivity index (χ3n) is 5.51. The van der Waals surface area contributed by atoms with Crippen molar-refractivity contribution in [1.82, 2.24) is 20.5 Å². The molecule has 1 amide bonds. The number of pyridine rings is 1. The molecule has 5 nitrogen and oxygen atoms in total. The van der Waals surface area contributed by atoms with Crippen molar-refractivity contribution in [2.24, 2.45) is 0 Å². The van der Waals surface area contributed by atoms with Crippen molar-refractivity contribution in [3.63, 3.8) is 0 Å². The molecular formula is C27H21ClN4O. The van der Waals surface area contributed by atoms with Gasteiger partial charge in [0.1, 0.15) is 0 Å². The summed E-state index contributed by atoms with van der Waals surface area (Å²) in [5.41, 5.74) is 5.45. The van der Waals surface area contributed by atoms with Gasteiger partial charge in [-0.25, -0.2) is 4.98 Å². The number of carbonyl (C=O) groups is 1. The van der Waals surface area contributed by atoms with Gasteiger partial charge < -0.3 is 5.32 Å². The Hall–Kier alpha value is -3.96. The number of nitrogens with one attached hydrogen (secondary N) is 2. The van der Waals surface area contributed by atoms with E-state index >= 15 is 0 Å². The molecular weight excluding hydrogens is 432 g/mol. The molecule has 0 saturated heterocycles. The van der Waals surface area contributed by atoms with Crippen LogP contribution in [-0.2, 0) is 6.42 Å². The van der Waals surface area contributed by atoms with Gasteiger partial charge in [-0.15, -0.1) is 0 Å². The molecule has 2 heterocycles. The summed E-state index contributed by atoms with van der Waals surface area (Å²) in [4.78, 5) is 18.1. The molecule has 3 aromatic carbocycles. The first-order valence-corrected chi connectivity index (χ1v) is 11.1. The van der Waals surface area contributed by atoms with Gasteiger partial charge in [-0.3, -0.25) is 9.89 Å². The standard InChI is InChI=1S/C27H21ClN4O/c28-21-13-11-19(12-14-21)23-17-22(27(33)29-16-15-18-7-3-1-4-8-18)24-25(31-32-26(24)30-23)20-9-5-2-6-10-20/h1-14,17H,15-16H2,(H,29,33)(H,30,31,32). The van der Waals surface area contributed by atoms with Gasteiger partial charge >= 0.3 is 0 Å². The van der Waals surface area contributed by atoms with Gasteiger partial charge in [-0.05, 0) is 30.2 Å². The zero-order valence-electron chi connectivity index (χ0n) is 17.8. The summed E-state index contributed by atoms with van der Waals surface area (Å²) in [7, 11) is 0. The highest BCUT2D eigenvalue weighted by molar-refractivity contribution is 6.30. The van der Waals surface area contributed by atoms with E-state index in [2.05, 4.69) is 27.6 Å². The molecule has 0 bridgehead atoms. The molecule has 162 valence electrons. The predicted octanol–water partition coefficient (Wildman–Crippen LogP) is 5.92. The quantitative estimate of drug-likeness (QED) is 0.336. The molecule has 33 heavy (non-hydrogen) atoms. The van der Waals surface area contributed by atoms with Gasteiger partial charge in [0, 0.05) is 22.7 Å². The maximum atomic E-state index is 13.4. The molecule has 0 radical (unpaired) electrons. The molecule has 5 rings (SSSR count). The number of aromatic nitrogens is 3. The number of carbonyl (C=O) groups excluding carboxylic acids is 1. The summed E-state index contributed by atoms with van der Waals surface area (Å²) >= 11 is 6.05. The average Bonchev–Trinajstić information content (AvgIpc) is 3.29. The van der Waals surface area contributed by atoms with E-state index in [4.69, 9.17) is 16.6 Å². The number of fused-ring (bicyclic) bond motifs is 1. The summed E-state index contributed by atoms with van der Waals surface area (Å²) in [6.07, 6.45) is 0.752. The highest BCUT2D eigenvalue weighted by atomic mass is 35.5. The molecule has 5 aromatic rings.